The number of rotatable bonds is 7. The molecule has 0 unspecified atom stereocenters. The Morgan fingerprint density at radius 2 is 2.11 bits per heavy atom. The summed E-state index contributed by atoms with van der Waals surface area (Å²) in [5.74, 6) is 1.55. The topological polar surface area (TPSA) is 70.9 Å². The second kappa shape index (κ2) is 9.12. The quantitative estimate of drug-likeness (QED) is 0.444. The number of nitrogens with one attached hydrogen (secondary N) is 2. The van der Waals surface area contributed by atoms with Crippen molar-refractivity contribution in [2.45, 2.75) is 19.9 Å². The Balaban J connectivity index is 1.51. The minimum absolute atomic E-state index is 0.00153. The largest absolute Gasteiger partial charge is 0.482 e. The normalized spacial score (nSPS) is 13.9. The first-order chi connectivity index (χ1) is 13.2. The lowest BCUT2D eigenvalue weighted by Gasteiger charge is -2.29. The van der Waals surface area contributed by atoms with Crippen molar-refractivity contribution in [2.75, 3.05) is 31.1 Å². The molecule has 0 saturated heterocycles. The highest BCUT2D eigenvalue weighted by Crippen LogP contribution is 2.31. The average molecular weight is 369 g/mol. The Kier molecular flexibility index (Phi) is 6.35. The first-order valence-corrected chi connectivity index (χ1v) is 9.32. The molecule has 1 aromatic heterocycles. The minimum atomic E-state index is -0.00153. The van der Waals surface area contributed by atoms with E-state index in [1.165, 1.54) is 5.56 Å². The highest BCUT2D eigenvalue weighted by molar-refractivity contribution is 5.97. The van der Waals surface area contributed by atoms with Crippen LogP contribution >= 0.6 is 0 Å². The van der Waals surface area contributed by atoms with Gasteiger partial charge in [0.05, 0.1) is 12.2 Å². The summed E-state index contributed by atoms with van der Waals surface area (Å²) in [6.45, 7) is 4.95. The maximum atomic E-state index is 12.2. The van der Waals surface area contributed by atoms with E-state index in [4.69, 9.17) is 4.74 Å². The Labute approximate surface area is 160 Å². The van der Waals surface area contributed by atoms with Gasteiger partial charge in [-0.3, -0.25) is 4.79 Å². The molecule has 2 aromatic rings. The number of carbonyl (C=O) groups is 1. The molecule has 1 aliphatic rings. The molecule has 27 heavy (non-hydrogen) atoms. The standard InChI is InChI=1S/C20H27N5O2/c1-3-21-20(23-13-16-9-12-24(2)14-16)22-10-6-11-25-17-7-4-5-8-18(17)27-15-19(25)26/h4-5,7-9,12,14H,3,6,10-11,13,15H2,1-2H3,(H2,21,22,23). The van der Waals surface area contributed by atoms with Crippen molar-refractivity contribution in [3.05, 3.63) is 48.3 Å². The van der Waals surface area contributed by atoms with Gasteiger partial charge in [0, 0.05) is 39.1 Å². The number of aryl methyl sites for hydroxylation is 1. The molecule has 1 amide bonds. The third-order valence-corrected chi connectivity index (χ3v) is 4.32. The fraction of sp³-hybridized carbons (Fsp3) is 0.400. The zero-order chi connectivity index (χ0) is 19.1. The third-order valence-electron chi connectivity index (χ3n) is 4.32. The first kappa shape index (κ1) is 18.8. The molecule has 3 rings (SSSR count). The predicted molar refractivity (Wildman–Crippen MR) is 107 cm³/mol. The van der Waals surface area contributed by atoms with Gasteiger partial charge >= 0.3 is 0 Å². The predicted octanol–water partition coefficient (Wildman–Crippen LogP) is 1.90. The van der Waals surface area contributed by atoms with Crippen molar-refractivity contribution in [3.8, 4) is 5.75 Å². The fourth-order valence-corrected chi connectivity index (χ4v) is 3.01. The van der Waals surface area contributed by atoms with Crippen LogP contribution in [0.25, 0.3) is 0 Å². The van der Waals surface area contributed by atoms with Gasteiger partial charge in [-0.2, -0.15) is 0 Å². The number of aromatic nitrogens is 1. The zero-order valence-electron chi connectivity index (χ0n) is 15.9. The van der Waals surface area contributed by atoms with Gasteiger partial charge in [-0.15, -0.1) is 0 Å². The number of aliphatic imine (C=N–C) groups is 1. The van der Waals surface area contributed by atoms with E-state index in [1.807, 2.05) is 49.0 Å². The lowest BCUT2D eigenvalue weighted by molar-refractivity contribution is -0.121. The number of hydrogen-bond acceptors (Lipinski definition) is 3. The van der Waals surface area contributed by atoms with Gasteiger partial charge in [0.2, 0.25) is 0 Å². The molecule has 2 heterocycles. The Morgan fingerprint density at radius 1 is 1.26 bits per heavy atom. The van der Waals surface area contributed by atoms with Gasteiger partial charge in [-0.1, -0.05) is 12.1 Å². The van der Waals surface area contributed by atoms with Crippen LogP contribution in [-0.2, 0) is 18.4 Å². The number of hydrogen-bond donors (Lipinski definition) is 2. The van der Waals surface area contributed by atoms with Crippen molar-refractivity contribution >= 4 is 17.6 Å². The molecule has 144 valence electrons. The number of amides is 1. The van der Waals surface area contributed by atoms with E-state index in [9.17, 15) is 4.79 Å². The smallest absolute Gasteiger partial charge is 0.265 e. The molecule has 0 fully saturated rings. The van der Waals surface area contributed by atoms with E-state index < -0.39 is 0 Å². The molecule has 0 aliphatic carbocycles. The van der Waals surface area contributed by atoms with Gasteiger partial charge in [-0.05, 0) is 37.1 Å². The van der Waals surface area contributed by atoms with Crippen LogP contribution in [0.3, 0.4) is 0 Å². The number of carbonyl (C=O) groups excluding carboxylic acids is 1. The SMILES string of the molecule is CCNC(=NCc1ccn(C)c1)NCCCN1C(=O)COc2ccccc21. The molecule has 7 nitrogen and oxygen atoms in total. The van der Waals surface area contributed by atoms with E-state index in [0.29, 0.717) is 13.1 Å². The summed E-state index contributed by atoms with van der Waals surface area (Å²) in [7, 11) is 2.00. The molecule has 1 aliphatic heterocycles. The Hall–Kier alpha value is -2.96. The van der Waals surface area contributed by atoms with Gasteiger partial charge in [0.15, 0.2) is 12.6 Å². The highest BCUT2D eigenvalue weighted by atomic mass is 16.5. The Bertz CT molecular complexity index is 799. The minimum Gasteiger partial charge on any atom is -0.482 e. The van der Waals surface area contributed by atoms with Crippen molar-refractivity contribution in [3.63, 3.8) is 0 Å². The molecule has 7 heteroatoms. The zero-order valence-corrected chi connectivity index (χ0v) is 15.9. The monoisotopic (exact) mass is 369 g/mol. The average Bonchev–Trinajstić information content (AvgIpc) is 3.09. The summed E-state index contributed by atoms with van der Waals surface area (Å²) in [6.07, 6.45) is 4.90. The van der Waals surface area contributed by atoms with Crippen molar-refractivity contribution in [1.82, 2.24) is 15.2 Å². The first-order valence-electron chi connectivity index (χ1n) is 9.32. The summed E-state index contributed by atoms with van der Waals surface area (Å²) in [6, 6.07) is 9.72. The molecule has 0 spiro atoms. The van der Waals surface area contributed by atoms with Crippen molar-refractivity contribution < 1.29 is 9.53 Å². The number of para-hydroxylation sites is 2. The number of benzene rings is 1. The number of anilines is 1. The van der Waals surface area contributed by atoms with Crippen LogP contribution < -0.4 is 20.3 Å². The lowest BCUT2D eigenvalue weighted by Crippen LogP contribution is -2.42. The summed E-state index contributed by atoms with van der Waals surface area (Å²) in [4.78, 5) is 18.6. The van der Waals surface area contributed by atoms with Gasteiger partial charge in [0.1, 0.15) is 5.75 Å². The lowest BCUT2D eigenvalue weighted by atomic mass is 10.2. The number of nitrogens with zero attached hydrogens (tertiary/aromatic N) is 3. The molecule has 0 atom stereocenters. The summed E-state index contributed by atoms with van der Waals surface area (Å²) in [5, 5.41) is 6.59. The van der Waals surface area contributed by atoms with Crippen LogP contribution in [0.4, 0.5) is 5.69 Å². The molecular weight excluding hydrogens is 342 g/mol. The van der Waals surface area contributed by atoms with Crippen LogP contribution in [0.15, 0.2) is 47.7 Å². The summed E-state index contributed by atoms with van der Waals surface area (Å²) >= 11 is 0. The molecule has 0 radical (unpaired) electrons. The summed E-state index contributed by atoms with van der Waals surface area (Å²) in [5.41, 5.74) is 2.02. The van der Waals surface area contributed by atoms with E-state index in [2.05, 4.69) is 27.9 Å². The maximum Gasteiger partial charge on any atom is 0.265 e. The summed E-state index contributed by atoms with van der Waals surface area (Å²) < 4.78 is 7.50. The molecule has 0 saturated carbocycles. The van der Waals surface area contributed by atoms with Crippen LogP contribution in [0.5, 0.6) is 5.75 Å². The molecule has 2 N–H and O–H groups in total. The second-order valence-corrected chi connectivity index (χ2v) is 6.46. The molecule has 1 aromatic carbocycles. The van der Waals surface area contributed by atoms with Crippen LogP contribution in [0.2, 0.25) is 0 Å². The number of ether oxygens (including phenoxy) is 1. The number of fused-ring (bicyclic) bond motifs is 1. The van der Waals surface area contributed by atoms with E-state index in [0.717, 1.165) is 36.9 Å². The molecule has 0 bridgehead atoms. The van der Waals surface area contributed by atoms with Crippen molar-refractivity contribution in [2.24, 2.45) is 12.0 Å². The number of guanidine groups is 1. The third kappa shape index (κ3) is 5.03. The van der Waals surface area contributed by atoms with Gasteiger partial charge in [-0.25, -0.2) is 4.99 Å². The molecular formula is C20H27N5O2. The van der Waals surface area contributed by atoms with E-state index >= 15 is 0 Å². The van der Waals surface area contributed by atoms with Crippen LogP contribution in [-0.4, -0.2) is 42.7 Å². The van der Waals surface area contributed by atoms with Crippen LogP contribution in [0, 0.1) is 0 Å². The highest BCUT2D eigenvalue weighted by Gasteiger charge is 2.24. The van der Waals surface area contributed by atoms with E-state index in [-0.39, 0.29) is 12.5 Å². The fourth-order valence-electron chi connectivity index (χ4n) is 3.01. The van der Waals surface area contributed by atoms with Gasteiger partial charge in [0.25, 0.3) is 5.91 Å². The maximum absolute atomic E-state index is 12.2. The Morgan fingerprint density at radius 3 is 2.89 bits per heavy atom. The van der Waals surface area contributed by atoms with E-state index in [1.54, 1.807) is 4.90 Å². The van der Waals surface area contributed by atoms with Crippen LogP contribution in [0.1, 0.15) is 18.9 Å². The van der Waals surface area contributed by atoms with Crippen molar-refractivity contribution in [1.29, 1.82) is 0 Å². The van der Waals surface area contributed by atoms with Gasteiger partial charge < -0.3 is 24.8 Å². The second-order valence-electron chi connectivity index (χ2n) is 6.46.